The number of hydrogen-bond acceptors (Lipinski definition) is 5. The first-order chi connectivity index (χ1) is 16.3. The van der Waals surface area contributed by atoms with Crippen LogP contribution in [0.15, 0.2) is 65.3 Å². The summed E-state index contributed by atoms with van der Waals surface area (Å²) in [6.07, 6.45) is -3.24. The number of nitrogens with one attached hydrogen (secondary N) is 2. The Kier molecular flexibility index (Phi) is 8.18. The number of anilines is 2. The van der Waals surface area contributed by atoms with Gasteiger partial charge in [0.2, 0.25) is 5.91 Å². The van der Waals surface area contributed by atoms with Gasteiger partial charge >= 0.3 is 6.18 Å². The molecule has 0 unspecified atom stereocenters. The van der Waals surface area contributed by atoms with Crippen molar-refractivity contribution in [1.82, 2.24) is 0 Å². The van der Waals surface area contributed by atoms with Gasteiger partial charge in [0.25, 0.3) is 5.91 Å². The number of alkyl halides is 3. The Morgan fingerprint density at radius 3 is 2.35 bits per heavy atom. The van der Waals surface area contributed by atoms with Crippen molar-refractivity contribution in [1.29, 1.82) is 0 Å². The number of amides is 2. The van der Waals surface area contributed by atoms with Gasteiger partial charge in [-0.05, 0) is 55.8 Å². The first kappa shape index (κ1) is 24.7. The maximum atomic E-state index is 13.6. The quantitative estimate of drug-likeness (QED) is 0.364. The van der Waals surface area contributed by atoms with Gasteiger partial charge in [-0.3, -0.25) is 9.59 Å². The Balaban J connectivity index is 1.58. The summed E-state index contributed by atoms with van der Waals surface area (Å²) in [6, 6.07) is 13.0. The molecule has 34 heavy (non-hydrogen) atoms. The molecule has 0 aliphatic rings. The Hall–Kier alpha value is -3.95. The predicted octanol–water partition coefficient (Wildman–Crippen LogP) is 5.75. The Labute approximate surface area is 193 Å². The van der Waals surface area contributed by atoms with E-state index in [9.17, 15) is 22.8 Å². The summed E-state index contributed by atoms with van der Waals surface area (Å²) < 4.78 is 56.7. The van der Waals surface area contributed by atoms with Crippen LogP contribution in [-0.4, -0.2) is 25.0 Å². The minimum atomic E-state index is -4.75. The van der Waals surface area contributed by atoms with E-state index >= 15 is 0 Å². The van der Waals surface area contributed by atoms with E-state index in [-0.39, 0.29) is 30.9 Å². The van der Waals surface area contributed by atoms with Gasteiger partial charge < -0.3 is 24.5 Å². The smallest absolute Gasteiger partial charge is 0.418 e. The number of halogens is 3. The third-order valence-corrected chi connectivity index (χ3v) is 4.56. The normalized spacial score (nSPS) is 11.1. The summed E-state index contributed by atoms with van der Waals surface area (Å²) in [5.74, 6) is -0.239. The number of benzene rings is 2. The Morgan fingerprint density at radius 2 is 1.71 bits per heavy atom. The highest BCUT2D eigenvalue weighted by Crippen LogP contribution is 2.37. The highest BCUT2D eigenvalue weighted by molar-refractivity contribution is 6.02. The van der Waals surface area contributed by atoms with Crippen molar-refractivity contribution in [3.63, 3.8) is 0 Å². The summed E-state index contributed by atoms with van der Waals surface area (Å²) in [7, 11) is 0. The fraction of sp³-hybridized carbons (Fsp3) is 0.250. The van der Waals surface area contributed by atoms with Crippen LogP contribution in [-0.2, 0) is 11.0 Å². The molecule has 0 saturated carbocycles. The maximum Gasteiger partial charge on any atom is 0.418 e. The molecule has 0 fully saturated rings. The molecule has 180 valence electrons. The van der Waals surface area contributed by atoms with Crippen molar-refractivity contribution in [3.8, 4) is 11.5 Å². The first-order valence-corrected chi connectivity index (χ1v) is 10.5. The highest BCUT2D eigenvalue weighted by atomic mass is 19.4. The second-order valence-corrected chi connectivity index (χ2v) is 7.07. The Bertz CT molecular complexity index is 1110. The summed E-state index contributed by atoms with van der Waals surface area (Å²) in [6.45, 7) is 2.49. The zero-order valence-electron chi connectivity index (χ0n) is 18.3. The van der Waals surface area contributed by atoms with Gasteiger partial charge in [-0.25, -0.2) is 0 Å². The third-order valence-electron chi connectivity index (χ3n) is 4.56. The lowest BCUT2D eigenvalue weighted by molar-refractivity contribution is -0.136. The van der Waals surface area contributed by atoms with Crippen LogP contribution < -0.4 is 20.1 Å². The van der Waals surface area contributed by atoms with Crippen LogP contribution in [0, 0.1) is 0 Å². The number of hydrogen-bond donors (Lipinski definition) is 2. The van der Waals surface area contributed by atoms with Gasteiger partial charge in [0.1, 0.15) is 0 Å². The molecule has 0 radical (unpaired) electrons. The molecule has 0 bridgehead atoms. The number of rotatable bonds is 10. The van der Waals surface area contributed by atoms with Crippen molar-refractivity contribution < 1.29 is 36.7 Å². The number of furan rings is 1. The molecule has 1 aromatic heterocycles. The van der Waals surface area contributed by atoms with Crippen molar-refractivity contribution in [2.24, 2.45) is 0 Å². The first-order valence-electron chi connectivity index (χ1n) is 10.5. The molecule has 1 heterocycles. The van der Waals surface area contributed by atoms with Gasteiger partial charge in [0.15, 0.2) is 17.3 Å². The number of carbonyl (C=O) groups is 2. The monoisotopic (exact) mass is 476 g/mol. The molecular formula is C24H23F3N2O5. The molecule has 2 amide bonds. The molecule has 0 saturated heterocycles. The lowest BCUT2D eigenvalue weighted by Crippen LogP contribution is -2.18. The van der Waals surface area contributed by atoms with Crippen LogP contribution in [0.4, 0.5) is 24.5 Å². The average molecular weight is 476 g/mol. The molecule has 3 rings (SSSR count). The van der Waals surface area contributed by atoms with Crippen LogP contribution in [0.3, 0.4) is 0 Å². The van der Waals surface area contributed by atoms with E-state index in [1.54, 1.807) is 24.3 Å². The van der Waals surface area contributed by atoms with Gasteiger partial charge in [0, 0.05) is 12.1 Å². The van der Waals surface area contributed by atoms with Gasteiger partial charge in [-0.2, -0.15) is 13.2 Å². The fourth-order valence-corrected chi connectivity index (χ4v) is 3.04. The molecule has 2 N–H and O–H groups in total. The summed E-state index contributed by atoms with van der Waals surface area (Å²) in [4.78, 5) is 24.3. The summed E-state index contributed by atoms with van der Waals surface area (Å²) >= 11 is 0. The Morgan fingerprint density at radius 1 is 0.971 bits per heavy atom. The van der Waals surface area contributed by atoms with E-state index in [1.807, 2.05) is 6.92 Å². The standard InChI is InChI=1S/C24H23F3N2O5/c1-2-32-19-7-3-4-8-20(19)33-14-6-10-22(30)29-18-12-11-16(15-17(18)24(25,26)27)28-23(31)21-9-5-13-34-21/h3-5,7-9,11-13,15H,2,6,10,14H2,1H3,(H,28,31)(H,29,30). The van der Waals surface area contributed by atoms with Crippen LogP contribution in [0.25, 0.3) is 0 Å². The molecule has 3 aromatic rings. The van der Waals surface area contributed by atoms with E-state index in [4.69, 9.17) is 13.9 Å². The molecule has 2 aromatic carbocycles. The minimum absolute atomic E-state index is 0.0444. The molecular weight excluding hydrogens is 453 g/mol. The molecule has 7 nitrogen and oxygen atoms in total. The van der Waals surface area contributed by atoms with Gasteiger partial charge in [-0.15, -0.1) is 0 Å². The van der Waals surface area contributed by atoms with Gasteiger partial charge in [0.05, 0.1) is 30.7 Å². The van der Waals surface area contributed by atoms with Crippen LogP contribution in [0.1, 0.15) is 35.9 Å². The summed E-state index contributed by atoms with van der Waals surface area (Å²) in [5.41, 5.74) is -1.58. The fourth-order valence-electron chi connectivity index (χ4n) is 3.04. The second-order valence-electron chi connectivity index (χ2n) is 7.07. The lowest BCUT2D eigenvalue weighted by atomic mass is 10.1. The van der Waals surface area contributed by atoms with E-state index in [1.165, 1.54) is 24.5 Å². The second kappa shape index (κ2) is 11.3. The third kappa shape index (κ3) is 6.77. The number of carbonyl (C=O) groups excluding carboxylic acids is 2. The van der Waals surface area contributed by atoms with Crippen LogP contribution in [0.2, 0.25) is 0 Å². The van der Waals surface area contributed by atoms with Crippen LogP contribution in [0.5, 0.6) is 11.5 Å². The average Bonchev–Trinajstić information content (AvgIpc) is 3.33. The lowest BCUT2D eigenvalue weighted by Gasteiger charge is -2.16. The SMILES string of the molecule is CCOc1ccccc1OCCCC(=O)Nc1ccc(NC(=O)c2ccco2)cc1C(F)(F)F. The van der Waals surface area contributed by atoms with E-state index < -0.39 is 29.2 Å². The van der Waals surface area contributed by atoms with E-state index in [0.717, 1.165) is 12.1 Å². The van der Waals surface area contributed by atoms with Crippen molar-refractivity contribution >= 4 is 23.2 Å². The van der Waals surface area contributed by atoms with Crippen molar-refractivity contribution in [2.75, 3.05) is 23.8 Å². The largest absolute Gasteiger partial charge is 0.490 e. The zero-order valence-corrected chi connectivity index (χ0v) is 18.3. The van der Waals surface area contributed by atoms with Crippen molar-refractivity contribution in [2.45, 2.75) is 25.9 Å². The van der Waals surface area contributed by atoms with E-state index in [0.29, 0.717) is 18.1 Å². The van der Waals surface area contributed by atoms with E-state index in [2.05, 4.69) is 10.6 Å². The highest BCUT2D eigenvalue weighted by Gasteiger charge is 2.34. The molecule has 0 spiro atoms. The van der Waals surface area contributed by atoms with Crippen molar-refractivity contribution in [3.05, 3.63) is 72.2 Å². The maximum absolute atomic E-state index is 13.6. The van der Waals surface area contributed by atoms with Gasteiger partial charge in [-0.1, -0.05) is 12.1 Å². The van der Waals surface area contributed by atoms with Crippen LogP contribution >= 0.6 is 0 Å². The minimum Gasteiger partial charge on any atom is -0.490 e. The zero-order chi connectivity index (χ0) is 24.6. The topological polar surface area (TPSA) is 89.8 Å². The predicted molar refractivity (Wildman–Crippen MR) is 119 cm³/mol. The molecule has 0 atom stereocenters. The summed E-state index contributed by atoms with van der Waals surface area (Å²) in [5, 5.41) is 4.62. The molecule has 0 aliphatic carbocycles. The molecule has 10 heteroatoms. The number of para-hydroxylation sites is 2. The molecule has 0 aliphatic heterocycles. The number of ether oxygens (including phenoxy) is 2.